The maximum Gasteiger partial charge on any atom is 0.142 e. The van der Waals surface area contributed by atoms with E-state index in [0.717, 1.165) is 32.0 Å². The number of aromatic nitrogens is 2. The van der Waals surface area contributed by atoms with Crippen molar-refractivity contribution >= 4 is 0 Å². The molecule has 0 saturated carbocycles. The lowest BCUT2D eigenvalue weighted by Gasteiger charge is -2.15. The Kier molecular flexibility index (Phi) is 5.88. The number of nitrogens with zero attached hydrogens (tertiary/aromatic N) is 3. The van der Waals surface area contributed by atoms with Crippen molar-refractivity contribution in [3.63, 3.8) is 0 Å². The fourth-order valence-corrected chi connectivity index (χ4v) is 1.30. The summed E-state index contributed by atoms with van der Waals surface area (Å²) in [5.41, 5.74) is 0. The van der Waals surface area contributed by atoms with Gasteiger partial charge in [-0.3, -0.25) is 4.90 Å². The third-order valence-corrected chi connectivity index (χ3v) is 2.13. The van der Waals surface area contributed by atoms with Crippen molar-refractivity contribution < 1.29 is 0 Å². The van der Waals surface area contributed by atoms with E-state index in [1.54, 1.807) is 12.4 Å². The summed E-state index contributed by atoms with van der Waals surface area (Å²) >= 11 is 0. The lowest BCUT2D eigenvalue weighted by Crippen LogP contribution is -2.29. The van der Waals surface area contributed by atoms with Gasteiger partial charge in [0.15, 0.2) is 0 Å². The molecule has 1 heterocycles. The van der Waals surface area contributed by atoms with E-state index in [1.165, 1.54) is 6.42 Å². The summed E-state index contributed by atoms with van der Waals surface area (Å²) in [5.74, 6) is 0.885. The lowest BCUT2D eigenvalue weighted by molar-refractivity contribution is 0.316. The van der Waals surface area contributed by atoms with E-state index in [-0.39, 0.29) is 0 Å². The normalized spacial score (nSPS) is 10.9. The van der Waals surface area contributed by atoms with Crippen molar-refractivity contribution in [3.05, 3.63) is 24.3 Å². The van der Waals surface area contributed by atoms with Crippen LogP contribution in [-0.4, -0.2) is 41.5 Å². The van der Waals surface area contributed by atoms with Crippen LogP contribution in [0.1, 0.15) is 19.2 Å². The second-order valence-corrected chi connectivity index (χ2v) is 3.65. The quantitative estimate of drug-likeness (QED) is 0.676. The van der Waals surface area contributed by atoms with E-state index < -0.39 is 0 Å². The van der Waals surface area contributed by atoms with E-state index in [2.05, 4.69) is 34.2 Å². The average Bonchev–Trinajstić information content (AvgIpc) is 2.26. The van der Waals surface area contributed by atoms with Crippen LogP contribution in [0.3, 0.4) is 0 Å². The molecule has 1 N–H and O–H groups in total. The number of rotatable bonds is 7. The highest BCUT2D eigenvalue weighted by Crippen LogP contribution is 1.93. The summed E-state index contributed by atoms with van der Waals surface area (Å²) in [7, 11) is 2.09. The molecule has 0 saturated heterocycles. The summed E-state index contributed by atoms with van der Waals surface area (Å²) in [6.07, 6.45) is 4.75. The van der Waals surface area contributed by atoms with Crippen LogP contribution in [0.25, 0.3) is 0 Å². The highest BCUT2D eigenvalue weighted by atomic mass is 15.1. The summed E-state index contributed by atoms with van der Waals surface area (Å²) in [6, 6.07) is 1.84. The zero-order chi connectivity index (χ0) is 10.9. The van der Waals surface area contributed by atoms with Gasteiger partial charge in [-0.05, 0) is 26.1 Å². The number of hydrogen-bond donors (Lipinski definition) is 1. The number of hydrogen-bond acceptors (Lipinski definition) is 4. The monoisotopic (exact) mass is 208 g/mol. The van der Waals surface area contributed by atoms with Crippen LogP contribution in [0.2, 0.25) is 0 Å². The van der Waals surface area contributed by atoms with Gasteiger partial charge in [-0.25, -0.2) is 9.97 Å². The molecule has 0 aliphatic rings. The van der Waals surface area contributed by atoms with Crippen molar-refractivity contribution in [2.75, 3.05) is 26.7 Å². The fraction of sp³-hybridized carbons (Fsp3) is 0.636. The summed E-state index contributed by atoms with van der Waals surface area (Å²) in [5, 5.41) is 3.37. The zero-order valence-corrected chi connectivity index (χ0v) is 9.61. The Labute approximate surface area is 91.7 Å². The zero-order valence-electron chi connectivity index (χ0n) is 9.61. The van der Waals surface area contributed by atoms with Gasteiger partial charge in [-0.15, -0.1) is 0 Å². The molecule has 84 valence electrons. The van der Waals surface area contributed by atoms with Crippen LogP contribution in [0, 0.1) is 0 Å². The van der Waals surface area contributed by atoms with Gasteiger partial charge in [0.1, 0.15) is 5.82 Å². The third-order valence-electron chi connectivity index (χ3n) is 2.13. The molecule has 0 aromatic carbocycles. The molecule has 1 aromatic rings. The Morgan fingerprint density at radius 2 is 2.00 bits per heavy atom. The Balaban J connectivity index is 2.16. The largest absolute Gasteiger partial charge is 0.315 e. The SMILES string of the molecule is CCCNCCN(C)Cc1ncccn1. The van der Waals surface area contributed by atoms with Crippen LogP contribution in [0.4, 0.5) is 0 Å². The van der Waals surface area contributed by atoms with Gasteiger partial charge in [-0.2, -0.15) is 0 Å². The predicted octanol–water partition coefficient (Wildman–Crippen LogP) is 0.908. The van der Waals surface area contributed by atoms with Gasteiger partial charge in [-0.1, -0.05) is 6.92 Å². The molecule has 0 bridgehead atoms. The minimum absolute atomic E-state index is 0.814. The lowest BCUT2D eigenvalue weighted by atomic mass is 10.4. The first-order valence-corrected chi connectivity index (χ1v) is 5.48. The molecular formula is C11H20N4. The molecule has 0 spiro atoms. The maximum absolute atomic E-state index is 4.19. The van der Waals surface area contributed by atoms with Gasteiger partial charge >= 0.3 is 0 Å². The Hall–Kier alpha value is -1.00. The molecular weight excluding hydrogens is 188 g/mol. The fourth-order valence-electron chi connectivity index (χ4n) is 1.30. The molecule has 4 nitrogen and oxygen atoms in total. The van der Waals surface area contributed by atoms with Crippen LogP contribution >= 0.6 is 0 Å². The first kappa shape index (κ1) is 12.1. The first-order valence-electron chi connectivity index (χ1n) is 5.48. The van der Waals surface area contributed by atoms with Gasteiger partial charge in [0.25, 0.3) is 0 Å². The van der Waals surface area contributed by atoms with Crippen molar-refractivity contribution in [1.29, 1.82) is 0 Å². The van der Waals surface area contributed by atoms with Gasteiger partial charge in [0, 0.05) is 25.5 Å². The van der Waals surface area contributed by atoms with Gasteiger partial charge in [0.05, 0.1) is 6.54 Å². The van der Waals surface area contributed by atoms with Crippen LogP contribution in [-0.2, 0) is 6.54 Å². The van der Waals surface area contributed by atoms with Crippen LogP contribution in [0.15, 0.2) is 18.5 Å². The van der Waals surface area contributed by atoms with E-state index in [9.17, 15) is 0 Å². The van der Waals surface area contributed by atoms with E-state index in [1.807, 2.05) is 6.07 Å². The van der Waals surface area contributed by atoms with Crippen molar-refractivity contribution in [2.45, 2.75) is 19.9 Å². The molecule has 0 atom stereocenters. The highest BCUT2D eigenvalue weighted by Gasteiger charge is 2.00. The summed E-state index contributed by atoms with van der Waals surface area (Å²) in [4.78, 5) is 10.6. The standard InChI is InChI=1S/C11H20N4/c1-3-5-12-8-9-15(2)10-11-13-6-4-7-14-11/h4,6-7,12H,3,5,8-10H2,1-2H3. The molecule has 4 heteroatoms. The van der Waals surface area contributed by atoms with E-state index in [4.69, 9.17) is 0 Å². The minimum Gasteiger partial charge on any atom is -0.315 e. The highest BCUT2D eigenvalue weighted by molar-refractivity contribution is 4.87. The third kappa shape index (κ3) is 5.44. The second kappa shape index (κ2) is 7.31. The van der Waals surface area contributed by atoms with Gasteiger partial charge < -0.3 is 5.32 Å². The number of nitrogens with one attached hydrogen (secondary N) is 1. The van der Waals surface area contributed by atoms with Crippen molar-refractivity contribution in [2.24, 2.45) is 0 Å². The van der Waals surface area contributed by atoms with E-state index in [0.29, 0.717) is 0 Å². The van der Waals surface area contributed by atoms with Crippen molar-refractivity contribution in [3.8, 4) is 0 Å². The number of likely N-dealkylation sites (N-methyl/N-ethyl adjacent to an activating group) is 1. The summed E-state index contributed by atoms with van der Waals surface area (Å²) < 4.78 is 0. The smallest absolute Gasteiger partial charge is 0.142 e. The molecule has 0 unspecified atom stereocenters. The molecule has 1 rings (SSSR count). The summed E-state index contributed by atoms with van der Waals surface area (Å²) in [6.45, 7) is 6.13. The van der Waals surface area contributed by atoms with E-state index >= 15 is 0 Å². The van der Waals surface area contributed by atoms with Crippen LogP contribution in [0.5, 0.6) is 0 Å². The molecule has 0 radical (unpaired) electrons. The minimum atomic E-state index is 0.814. The topological polar surface area (TPSA) is 41.0 Å². The Morgan fingerprint density at radius 1 is 1.27 bits per heavy atom. The Morgan fingerprint density at radius 3 is 2.67 bits per heavy atom. The van der Waals surface area contributed by atoms with Gasteiger partial charge in [0.2, 0.25) is 0 Å². The second-order valence-electron chi connectivity index (χ2n) is 3.65. The first-order chi connectivity index (χ1) is 7.33. The predicted molar refractivity (Wildman–Crippen MR) is 61.5 cm³/mol. The molecule has 0 aliphatic carbocycles. The Bertz CT molecular complexity index is 250. The average molecular weight is 208 g/mol. The van der Waals surface area contributed by atoms with Crippen LogP contribution < -0.4 is 5.32 Å². The van der Waals surface area contributed by atoms with Crippen molar-refractivity contribution in [1.82, 2.24) is 20.2 Å². The maximum atomic E-state index is 4.19. The molecule has 15 heavy (non-hydrogen) atoms. The molecule has 0 fully saturated rings. The molecule has 1 aromatic heterocycles. The molecule has 0 aliphatic heterocycles. The molecule has 0 amide bonds.